The molecule has 3 heteroatoms. The first-order chi connectivity index (χ1) is 14.8. The summed E-state index contributed by atoms with van der Waals surface area (Å²) >= 11 is 0. The average molecular weight is 437 g/mol. The highest BCUT2D eigenvalue weighted by molar-refractivity contribution is 5.65. The van der Waals surface area contributed by atoms with Gasteiger partial charge in [0.25, 0.3) is 0 Å². The number of fused-ring (bicyclic) bond motifs is 5. The lowest BCUT2D eigenvalue weighted by Gasteiger charge is -2.61. The van der Waals surface area contributed by atoms with E-state index in [1.54, 1.807) is 0 Å². The maximum Gasteiger partial charge on any atom is 0.302 e. The predicted molar refractivity (Wildman–Crippen MR) is 130 cm³/mol. The predicted octanol–water partition coefficient (Wildman–Crippen LogP) is 7.26. The van der Waals surface area contributed by atoms with Crippen LogP contribution < -0.4 is 0 Å². The van der Waals surface area contributed by atoms with Gasteiger partial charge in [0.05, 0.1) is 7.11 Å². The third-order valence-electron chi connectivity index (χ3n) is 10.2. The lowest BCUT2D eigenvalue weighted by molar-refractivity contribution is -0.137. The zero-order valence-corrected chi connectivity index (χ0v) is 21.7. The number of aliphatic hydroxyl groups excluding tert-OH is 1. The molecule has 0 aromatic rings. The largest absolute Gasteiger partial charge is 0.469 e. The number of aliphatic hydroxyl groups is 1. The molecule has 182 valence electrons. The Bertz CT molecular complexity index is 560. The summed E-state index contributed by atoms with van der Waals surface area (Å²) in [5.41, 5.74) is 1.25. The highest BCUT2D eigenvalue weighted by Crippen LogP contribution is 2.68. The molecule has 4 aliphatic carbocycles. The fourth-order valence-corrected chi connectivity index (χ4v) is 8.68. The monoisotopic (exact) mass is 436 g/mol. The van der Waals surface area contributed by atoms with Gasteiger partial charge in [0.15, 0.2) is 0 Å². The van der Waals surface area contributed by atoms with Gasteiger partial charge in [-0.05, 0) is 104 Å². The molecule has 0 spiro atoms. The van der Waals surface area contributed by atoms with Gasteiger partial charge in [-0.1, -0.05) is 47.5 Å². The van der Waals surface area contributed by atoms with Crippen molar-refractivity contribution in [2.75, 3.05) is 13.7 Å². The first kappa shape index (κ1) is 26.7. The van der Waals surface area contributed by atoms with Crippen molar-refractivity contribution in [1.82, 2.24) is 0 Å². The van der Waals surface area contributed by atoms with Crippen LogP contribution in [0.5, 0.6) is 0 Å². The third-order valence-corrected chi connectivity index (χ3v) is 10.2. The summed E-state index contributed by atoms with van der Waals surface area (Å²) in [7, 11) is 1.35. The Balaban J connectivity index is 0.000000432. The standard InChI is InChI=1S/C23H40O.C3H6O2.C2H6/c1-16(12-15-24)19-9-10-20-18-8-7-17-6-4-5-13-22(17,2)21(18)11-14-23(19,20)3;1-3(4)5-2;1-2/h16-21,24H,4-15H2,1-3H3;1-2H3;1-2H3/t16-,17?,18?,19?,20?,21?,22?,23?;;/m1../s1. The van der Waals surface area contributed by atoms with E-state index in [-0.39, 0.29) is 5.97 Å². The Morgan fingerprint density at radius 2 is 1.61 bits per heavy atom. The minimum Gasteiger partial charge on any atom is -0.469 e. The zero-order valence-electron chi connectivity index (χ0n) is 21.7. The third kappa shape index (κ3) is 5.33. The van der Waals surface area contributed by atoms with E-state index in [1.807, 2.05) is 13.8 Å². The van der Waals surface area contributed by atoms with E-state index in [2.05, 4.69) is 25.5 Å². The van der Waals surface area contributed by atoms with Crippen molar-refractivity contribution in [3.05, 3.63) is 0 Å². The molecular formula is C28H52O3. The van der Waals surface area contributed by atoms with Crippen LogP contribution in [0.4, 0.5) is 0 Å². The number of esters is 1. The van der Waals surface area contributed by atoms with Crippen molar-refractivity contribution in [1.29, 1.82) is 0 Å². The molecule has 0 aromatic carbocycles. The smallest absolute Gasteiger partial charge is 0.302 e. The molecule has 4 rings (SSSR count). The Hall–Kier alpha value is -0.570. The second-order valence-corrected chi connectivity index (χ2v) is 11.3. The molecule has 0 heterocycles. The van der Waals surface area contributed by atoms with Crippen LogP contribution in [0, 0.1) is 46.3 Å². The molecule has 31 heavy (non-hydrogen) atoms. The average Bonchev–Trinajstić information content (AvgIpc) is 3.12. The summed E-state index contributed by atoms with van der Waals surface area (Å²) in [6.07, 6.45) is 16.0. The number of hydrogen-bond donors (Lipinski definition) is 1. The maximum atomic E-state index is 9.59. The topological polar surface area (TPSA) is 46.5 Å². The second-order valence-electron chi connectivity index (χ2n) is 11.3. The maximum absolute atomic E-state index is 9.59. The molecule has 0 amide bonds. The fraction of sp³-hybridized carbons (Fsp3) is 0.964. The molecule has 4 aliphatic rings. The van der Waals surface area contributed by atoms with Crippen LogP contribution in [0.1, 0.15) is 112 Å². The van der Waals surface area contributed by atoms with Gasteiger partial charge in [-0.3, -0.25) is 4.79 Å². The molecule has 0 saturated heterocycles. The van der Waals surface area contributed by atoms with Crippen molar-refractivity contribution < 1.29 is 14.6 Å². The van der Waals surface area contributed by atoms with Gasteiger partial charge >= 0.3 is 5.97 Å². The molecule has 8 atom stereocenters. The van der Waals surface area contributed by atoms with E-state index in [0.717, 1.165) is 36.0 Å². The summed E-state index contributed by atoms with van der Waals surface area (Å²) < 4.78 is 4.11. The molecule has 0 aliphatic heterocycles. The van der Waals surface area contributed by atoms with Gasteiger partial charge in [-0.25, -0.2) is 0 Å². The number of methoxy groups -OCH3 is 1. The molecule has 0 aromatic heterocycles. The van der Waals surface area contributed by atoms with E-state index in [4.69, 9.17) is 0 Å². The van der Waals surface area contributed by atoms with E-state index >= 15 is 0 Å². The first-order valence-corrected chi connectivity index (χ1v) is 13.4. The number of hydrogen-bond acceptors (Lipinski definition) is 3. The summed E-state index contributed by atoms with van der Waals surface area (Å²) in [5, 5.41) is 9.43. The SMILES string of the molecule is CC.COC(C)=O.C[C@H](CCO)C1CCC2C3CCC4CCCCC4(C)C3CCC21C. The Morgan fingerprint density at radius 1 is 0.968 bits per heavy atom. The molecule has 4 fully saturated rings. The van der Waals surface area contributed by atoms with Crippen molar-refractivity contribution >= 4 is 5.97 Å². The molecular weight excluding hydrogens is 384 g/mol. The summed E-state index contributed by atoms with van der Waals surface area (Å²) in [4.78, 5) is 9.59. The van der Waals surface area contributed by atoms with Crippen LogP contribution in [-0.2, 0) is 9.53 Å². The molecule has 0 radical (unpaired) electrons. The number of ether oxygens (including phenoxy) is 1. The lowest BCUT2D eigenvalue weighted by Crippen LogP contribution is -2.53. The van der Waals surface area contributed by atoms with Gasteiger partial charge in [-0.15, -0.1) is 0 Å². The Morgan fingerprint density at radius 3 is 2.23 bits per heavy atom. The Kier molecular flexibility index (Phi) is 9.92. The van der Waals surface area contributed by atoms with E-state index < -0.39 is 0 Å². The zero-order chi connectivity index (χ0) is 23.2. The fourth-order valence-electron chi connectivity index (χ4n) is 8.68. The summed E-state index contributed by atoms with van der Waals surface area (Å²) in [5.74, 6) is 5.42. The Labute approximate surface area is 193 Å². The van der Waals surface area contributed by atoms with Crippen molar-refractivity contribution in [3.8, 4) is 0 Å². The normalized spacial score (nSPS) is 41.7. The first-order valence-electron chi connectivity index (χ1n) is 13.4. The van der Waals surface area contributed by atoms with Gasteiger partial charge in [0, 0.05) is 13.5 Å². The van der Waals surface area contributed by atoms with Gasteiger partial charge in [0.1, 0.15) is 0 Å². The van der Waals surface area contributed by atoms with Gasteiger partial charge < -0.3 is 9.84 Å². The minimum absolute atomic E-state index is 0.245. The highest BCUT2D eigenvalue weighted by atomic mass is 16.5. The number of carbonyl (C=O) groups excluding carboxylic acids is 1. The minimum atomic E-state index is -0.245. The molecule has 4 saturated carbocycles. The molecule has 3 nitrogen and oxygen atoms in total. The highest BCUT2D eigenvalue weighted by Gasteiger charge is 2.59. The van der Waals surface area contributed by atoms with E-state index in [0.29, 0.717) is 23.4 Å². The van der Waals surface area contributed by atoms with E-state index in [9.17, 15) is 9.90 Å². The summed E-state index contributed by atoms with van der Waals surface area (Å²) in [6.45, 7) is 13.5. The quantitative estimate of drug-likeness (QED) is 0.474. The van der Waals surface area contributed by atoms with Crippen LogP contribution in [0.15, 0.2) is 0 Å². The van der Waals surface area contributed by atoms with Gasteiger partial charge in [0.2, 0.25) is 0 Å². The van der Waals surface area contributed by atoms with Crippen molar-refractivity contribution in [2.45, 2.75) is 112 Å². The van der Waals surface area contributed by atoms with Crippen LogP contribution >= 0.6 is 0 Å². The lowest BCUT2D eigenvalue weighted by atomic mass is 9.44. The van der Waals surface area contributed by atoms with Crippen molar-refractivity contribution in [2.24, 2.45) is 46.3 Å². The van der Waals surface area contributed by atoms with Gasteiger partial charge in [-0.2, -0.15) is 0 Å². The summed E-state index contributed by atoms with van der Waals surface area (Å²) in [6, 6.07) is 0. The molecule has 0 bridgehead atoms. The van der Waals surface area contributed by atoms with Crippen LogP contribution in [-0.4, -0.2) is 24.8 Å². The second kappa shape index (κ2) is 11.5. The number of carbonyl (C=O) groups is 1. The van der Waals surface area contributed by atoms with Crippen LogP contribution in [0.2, 0.25) is 0 Å². The molecule has 7 unspecified atom stereocenters. The van der Waals surface area contributed by atoms with Crippen LogP contribution in [0.3, 0.4) is 0 Å². The molecule has 1 N–H and O–H groups in total. The van der Waals surface area contributed by atoms with Crippen molar-refractivity contribution in [3.63, 3.8) is 0 Å². The van der Waals surface area contributed by atoms with Crippen LogP contribution in [0.25, 0.3) is 0 Å². The van der Waals surface area contributed by atoms with E-state index in [1.165, 1.54) is 78.2 Å². The number of rotatable bonds is 3.